The van der Waals surface area contributed by atoms with Crippen molar-refractivity contribution >= 4 is 11.4 Å². The predicted molar refractivity (Wildman–Crippen MR) is 68.4 cm³/mol. The van der Waals surface area contributed by atoms with Gasteiger partial charge in [-0.2, -0.15) is 5.26 Å². The molecule has 0 aliphatic heterocycles. The summed E-state index contributed by atoms with van der Waals surface area (Å²) in [5.74, 6) is -0.514. The van der Waals surface area contributed by atoms with Gasteiger partial charge >= 0.3 is 0 Å². The molecule has 0 fully saturated rings. The Balaban J connectivity index is 2.91. The van der Waals surface area contributed by atoms with Gasteiger partial charge in [0.15, 0.2) is 0 Å². The molecule has 0 unspecified atom stereocenters. The highest BCUT2D eigenvalue weighted by atomic mass is 32.2. The molecule has 0 saturated carbocycles. The molecule has 0 aliphatic rings. The van der Waals surface area contributed by atoms with Crippen LogP contribution in [0.3, 0.4) is 0 Å². The van der Waals surface area contributed by atoms with Crippen LogP contribution in [0.5, 0.6) is 0 Å². The molecule has 2 atom stereocenters. The maximum Gasteiger partial charge on any atom is 0.146 e. The Morgan fingerprint density at radius 1 is 1.50 bits per heavy atom. The Hall–Kier alpha value is -1.16. The molecular weight excluding hydrogens is 253 g/mol. The van der Waals surface area contributed by atoms with Crippen LogP contribution in [-0.2, 0) is 11.4 Å². The van der Waals surface area contributed by atoms with Gasteiger partial charge in [-0.15, -0.1) is 4.72 Å². The van der Waals surface area contributed by atoms with E-state index in [2.05, 4.69) is 9.71 Å². The molecule has 0 aliphatic carbocycles. The summed E-state index contributed by atoms with van der Waals surface area (Å²) in [6.45, 7) is 7.12. The summed E-state index contributed by atoms with van der Waals surface area (Å²) in [5.41, 5.74) is 0.244. The standard InChI is InChI=1S/C12H16FN3OS/c1-8(16-18(17)12(2,3)4)11-10(13)6-5-9(7-14)15-11/h5-6,8,16H,1-4H3/t8-,18+/m1/s1. The minimum absolute atomic E-state index is 0.103. The van der Waals surface area contributed by atoms with E-state index in [9.17, 15) is 8.94 Å². The molecular formula is C12H16FN3OS. The van der Waals surface area contributed by atoms with Crippen molar-refractivity contribution in [3.63, 3.8) is 0 Å². The number of nitrogens with zero attached hydrogens (tertiary/aromatic N) is 2. The van der Waals surface area contributed by atoms with Crippen LogP contribution in [0.25, 0.3) is 0 Å². The minimum Gasteiger partial charge on any atom is -0.598 e. The molecule has 0 aromatic carbocycles. The second-order valence-corrected chi connectivity index (χ2v) is 6.89. The summed E-state index contributed by atoms with van der Waals surface area (Å²) < 4.78 is 27.8. The first kappa shape index (κ1) is 14.9. The van der Waals surface area contributed by atoms with E-state index >= 15 is 0 Å². The van der Waals surface area contributed by atoms with Gasteiger partial charge in [0.2, 0.25) is 0 Å². The average Bonchev–Trinajstić information content (AvgIpc) is 2.28. The van der Waals surface area contributed by atoms with Crippen molar-refractivity contribution in [2.24, 2.45) is 0 Å². The first-order valence-electron chi connectivity index (χ1n) is 5.50. The van der Waals surface area contributed by atoms with E-state index in [1.807, 2.05) is 26.8 Å². The Kier molecular flexibility index (Phi) is 4.68. The third kappa shape index (κ3) is 3.67. The fourth-order valence-corrected chi connectivity index (χ4v) is 2.00. The lowest BCUT2D eigenvalue weighted by Crippen LogP contribution is -2.41. The first-order valence-corrected chi connectivity index (χ1v) is 6.65. The molecule has 1 rings (SSSR count). The number of rotatable bonds is 3. The summed E-state index contributed by atoms with van der Waals surface area (Å²) in [6, 6.07) is 3.83. The molecule has 0 amide bonds. The second-order valence-electron chi connectivity index (χ2n) is 4.90. The molecule has 0 radical (unpaired) electrons. The van der Waals surface area contributed by atoms with Crippen LogP contribution in [0.4, 0.5) is 4.39 Å². The van der Waals surface area contributed by atoms with E-state index < -0.39 is 28.0 Å². The lowest BCUT2D eigenvalue weighted by Gasteiger charge is -2.26. The second kappa shape index (κ2) is 5.65. The van der Waals surface area contributed by atoms with Gasteiger partial charge in [0.1, 0.15) is 22.3 Å². The monoisotopic (exact) mass is 269 g/mol. The van der Waals surface area contributed by atoms with Crippen LogP contribution in [0.2, 0.25) is 0 Å². The summed E-state index contributed by atoms with van der Waals surface area (Å²) in [4.78, 5) is 3.89. The highest BCUT2D eigenvalue weighted by Gasteiger charge is 2.29. The van der Waals surface area contributed by atoms with Crippen molar-refractivity contribution in [2.75, 3.05) is 0 Å². The van der Waals surface area contributed by atoms with Gasteiger partial charge in [0.05, 0.1) is 11.7 Å². The SMILES string of the molecule is C[C@@H](N[S@@+]([O-])C(C)(C)C)c1nc(C#N)ccc1F. The zero-order valence-corrected chi connectivity index (χ0v) is 11.6. The Morgan fingerprint density at radius 3 is 2.61 bits per heavy atom. The third-order valence-electron chi connectivity index (χ3n) is 2.24. The van der Waals surface area contributed by atoms with Gasteiger partial charge in [-0.3, -0.25) is 0 Å². The molecule has 98 valence electrons. The largest absolute Gasteiger partial charge is 0.598 e. The van der Waals surface area contributed by atoms with Crippen LogP contribution in [0.15, 0.2) is 12.1 Å². The van der Waals surface area contributed by atoms with Gasteiger partial charge in [-0.1, -0.05) is 0 Å². The average molecular weight is 269 g/mol. The predicted octanol–water partition coefficient (Wildman–Crippen LogP) is 2.21. The molecule has 18 heavy (non-hydrogen) atoms. The summed E-state index contributed by atoms with van der Waals surface area (Å²) in [6.07, 6.45) is 0. The number of halogens is 1. The zero-order chi connectivity index (χ0) is 13.9. The van der Waals surface area contributed by atoms with Crippen LogP contribution >= 0.6 is 0 Å². The van der Waals surface area contributed by atoms with E-state index in [4.69, 9.17) is 5.26 Å². The Bertz CT molecular complexity index is 467. The van der Waals surface area contributed by atoms with E-state index in [0.717, 1.165) is 0 Å². The third-order valence-corrected chi connectivity index (χ3v) is 3.92. The van der Waals surface area contributed by atoms with Crippen molar-refractivity contribution in [1.82, 2.24) is 9.71 Å². The normalized spacial score (nSPS) is 14.9. The fourth-order valence-electron chi connectivity index (χ4n) is 1.22. The summed E-state index contributed by atoms with van der Waals surface area (Å²) in [7, 11) is 0. The fraction of sp³-hybridized carbons (Fsp3) is 0.500. The van der Waals surface area contributed by atoms with E-state index in [-0.39, 0.29) is 11.4 Å². The Morgan fingerprint density at radius 2 is 2.11 bits per heavy atom. The quantitative estimate of drug-likeness (QED) is 0.854. The lowest BCUT2D eigenvalue weighted by atomic mass is 10.2. The first-order chi connectivity index (χ1) is 8.25. The minimum atomic E-state index is -1.32. The van der Waals surface area contributed by atoms with Crippen molar-refractivity contribution in [3.8, 4) is 6.07 Å². The summed E-state index contributed by atoms with van der Waals surface area (Å²) >= 11 is -1.32. The summed E-state index contributed by atoms with van der Waals surface area (Å²) in [5, 5.41) is 8.73. The number of hydrogen-bond donors (Lipinski definition) is 1. The van der Waals surface area contributed by atoms with E-state index in [0.29, 0.717) is 0 Å². The van der Waals surface area contributed by atoms with E-state index in [1.165, 1.54) is 12.1 Å². The smallest absolute Gasteiger partial charge is 0.146 e. The number of nitriles is 1. The Labute approximate surface area is 110 Å². The molecule has 1 aromatic rings. The van der Waals surface area contributed by atoms with Gasteiger partial charge in [-0.05, 0) is 39.8 Å². The number of aromatic nitrogens is 1. The molecule has 1 N–H and O–H groups in total. The van der Waals surface area contributed by atoms with E-state index in [1.54, 1.807) is 6.92 Å². The molecule has 1 aromatic heterocycles. The van der Waals surface area contributed by atoms with Crippen molar-refractivity contribution in [1.29, 1.82) is 5.26 Å². The maximum absolute atomic E-state index is 13.6. The maximum atomic E-state index is 13.6. The molecule has 4 nitrogen and oxygen atoms in total. The van der Waals surface area contributed by atoms with Gasteiger partial charge in [0.25, 0.3) is 0 Å². The lowest BCUT2D eigenvalue weighted by molar-refractivity contribution is 0.516. The molecule has 1 heterocycles. The van der Waals surface area contributed by atoms with Crippen LogP contribution in [0.1, 0.15) is 45.1 Å². The van der Waals surface area contributed by atoms with Crippen molar-refractivity contribution < 1.29 is 8.94 Å². The van der Waals surface area contributed by atoms with Crippen LogP contribution < -0.4 is 4.72 Å². The van der Waals surface area contributed by atoms with Crippen LogP contribution in [0, 0.1) is 17.1 Å². The topological polar surface area (TPSA) is 71.8 Å². The highest BCUT2D eigenvalue weighted by molar-refractivity contribution is 7.90. The number of pyridine rings is 1. The molecule has 6 heteroatoms. The molecule has 0 saturated heterocycles. The number of hydrogen-bond acceptors (Lipinski definition) is 4. The highest BCUT2D eigenvalue weighted by Crippen LogP contribution is 2.20. The number of nitrogens with one attached hydrogen (secondary N) is 1. The zero-order valence-electron chi connectivity index (χ0n) is 10.8. The van der Waals surface area contributed by atoms with Gasteiger partial charge in [0, 0.05) is 11.4 Å². The van der Waals surface area contributed by atoms with Gasteiger partial charge < -0.3 is 4.55 Å². The van der Waals surface area contributed by atoms with Gasteiger partial charge in [-0.25, -0.2) is 9.37 Å². The molecule has 0 bridgehead atoms. The molecule has 0 spiro atoms. The van der Waals surface area contributed by atoms with Crippen molar-refractivity contribution in [3.05, 3.63) is 29.3 Å². The van der Waals surface area contributed by atoms with Crippen molar-refractivity contribution in [2.45, 2.75) is 38.5 Å². The van der Waals surface area contributed by atoms with Crippen LogP contribution in [-0.4, -0.2) is 14.3 Å².